The van der Waals surface area contributed by atoms with Crippen LogP contribution in [0.15, 0.2) is 35.8 Å². The number of carbonyl (C=O) groups excluding carboxylic acids is 2. The summed E-state index contributed by atoms with van der Waals surface area (Å²) in [5, 5.41) is 0. The van der Waals surface area contributed by atoms with E-state index in [-0.39, 0.29) is 0 Å². The first-order valence-electron chi connectivity index (χ1n) is 6.24. The monoisotopic (exact) mass is 248 g/mol. The van der Waals surface area contributed by atoms with Crippen LogP contribution in [0.2, 0.25) is 0 Å². The third kappa shape index (κ3) is 3.87. The van der Waals surface area contributed by atoms with Crippen molar-refractivity contribution in [2.45, 2.75) is 38.5 Å². The molecule has 96 valence electrons. The molecule has 0 N–H and O–H groups in total. The summed E-state index contributed by atoms with van der Waals surface area (Å²) in [5.74, 6) is 0.328. The van der Waals surface area contributed by atoms with Crippen molar-refractivity contribution in [2.75, 3.05) is 0 Å². The molecule has 0 radical (unpaired) electrons. The lowest BCUT2D eigenvalue weighted by Gasteiger charge is -2.01. The molecule has 0 atom stereocenters. The van der Waals surface area contributed by atoms with Crippen LogP contribution in [0.5, 0.6) is 0 Å². The van der Waals surface area contributed by atoms with Gasteiger partial charge in [0.2, 0.25) is 0 Å². The fraction of sp³-hybridized carbons (Fsp3) is 0.429. The Kier molecular flexibility index (Phi) is 4.34. The summed E-state index contributed by atoms with van der Waals surface area (Å²) in [6, 6.07) is 0. The number of ether oxygens (including phenoxy) is 2. The van der Waals surface area contributed by atoms with Gasteiger partial charge in [0.15, 0.2) is 0 Å². The summed E-state index contributed by atoms with van der Waals surface area (Å²) in [7, 11) is 0. The quantitative estimate of drug-likeness (QED) is 0.567. The molecule has 0 saturated carbocycles. The maximum Gasteiger partial charge on any atom is 0.336 e. The second-order valence-electron chi connectivity index (χ2n) is 4.30. The Bertz CT molecular complexity index is 389. The van der Waals surface area contributed by atoms with Gasteiger partial charge in [0, 0.05) is 25.0 Å². The predicted molar refractivity (Wildman–Crippen MR) is 65.2 cm³/mol. The molecule has 2 aliphatic carbocycles. The van der Waals surface area contributed by atoms with Crippen molar-refractivity contribution in [1.82, 2.24) is 0 Å². The zero-order valence-electron chi connectivity index (χ0n) is 10.2. The van der Waals surface area contributed by atoms with Gasteiger partial charge in [-0.1, -0.05) is 0 Å². The Morgan fingerprint density at radius 1 is 0.889 bits per heavy atom. The fourth-order valence-electron chi connectivity index (χ4n) is 1.93. The standard InChI is InChI=1S/C14H16O4/c15-13(17-11-5-1-2-6-11)9-10-14(16)18-12-7-3-4-8-12/h5,7,9-10H,1-4,6,8H2. The second kappa shape index (κ2) is 6.19. The Labute approximate surface area is 106 Å². The normalized spacial score (nSPS) is 18.7. The molecule has 0 aromatic carbocycles. The third-order valence-corrected chi connectivity index (χ3v) is 2.82. The molecular formula is C14H16O4. The van der Waals surface area contributed by atoms with Crippen molar-refractivity contribution in [3.05, 3.63) is 35.8 Å². The predicted octanol–water partition coefficient (Wildman–Crippen LogP) is 2.76. The average molecular weight is 248 g/mol. The van der Waals surface area contributed by atoms with Gasteiger partial charge in [0.1, 0.15) is 11.5 Å². The van der Waals surface area contributed by atoms with Gasteiger partial charge in [-0.3, -0.25) is 0 Å². The van der Waals surface area contributed by atoms with Crippen LogP contribution in [-0.2, 0) is 19.1 Å². The van der Waals surface area contributed by atoms with Crippen molar-refractivity contribution in [2.24, 2.45) is 0 Å². The van der Waals surface area contributed by atoms with Gasteiger partial charge in [-0.05, 0) is 37.8 Å². The maximum atomic E-state index is 11.4. The zero-order chi connectivity index (χ0) is 12.8. The van der Waals surface area contributed by atoms with E-state index in [2.05, 4.69) is 0 Å². The molecule has 0 aromatic rings. The molecular weight excluding hydrogens is 232 g/mol. The number of allylic oxidation sites excluding steroid dienone is 4. The molecule has 0 fully saturated rings. The summed E-state index contributed by atoms with van der Waals surface area (Å²) < 4.78 is 10.1. The van der Waals surface area contributed by atoms with E-state index >= 15 is 0 Å². The summed E-state index contributed by atoms with van der Waals surface area (Å²) >= 11 is 0. The van der Waals surface area contributed by atoms with Crippen LogP contribution < -0.4 is 0 Å². The smallest absolute Gasteiger partial charge is 0.336 e. The van der Waals surface area contributed by atoms with Crippen LogP contribution in [0.4, 0.5) is 0 Å². The summed E-state index contributed by atoms with van der Waals surface area (Å²) in [4.78, 5) is 22.7. The van der Waals surface area contributed by atoms with E-state index in [1.54, 1.807) is 0 Å². The average Bonchev–Trinajstić information content (AvgIpc) is 2.99. The molecule has 0 bridgehead atoms. The van der Waals surface area contributed by atoms with Gasteiger partial charge < -0.3 is 9.47 Å². The molecule has 0 saturated heterocycles. The van der Waals surface area contributed by atoms with E-state index in [0.717, 1.165) is 50.7 Å². The Morgan fingerprint density at radius 3 is 1.67 bits per heavy atom. The van der Waals surface area contributed by atoms with Crippen LogP contribution in [0, 0.1) is 0 Å². The van der Waals surface area contributed by atoms with Crippen molar-refractivity contribution >= 4 is 11.9 Å². The minimum atomic E-state index is -0.527. The molecule has 0 aliphatic heterocycles. The van der Waals surface area contributed by atoms with Crippen molar-refractivity contribution in [1.29, 1.82) is 0 Å². The first-order chi connectivity index (χ1) is 8.74. The summed E-state index contributed by atoms with van der Waals surface area (Å²) in [6.07, 6.45) is 11.5. The van der Waals surface area contributed by atoms with Gasteiger partial charge in [-0.25, -0.2) is 9.59 Å². The van der Waals surface area contributed by atoms with E-state index in [1.165, 1.54) is 0 Å². The maximum absolute atomic E-state index is 11.4. The number of hydrogen-bond donors (Lipinski definition) is 0. The van der Waals surface area contributed by atoms with Gasteiger partial charge >= 0.3 is 11.9 Å². The van der Waals surface area contributed by atoms with Crippen LogP contribution in [0.1, 0.15) is 38.5 Å². The van der Waals surface area contributed by atoms with Gasteiger partial charge in [0.25, 0.3) is 0 Å². The van der Waals surface area contributed by atoms with Crippen molar-refractivity contribution in [3.8, 4) is 0 Å². The SMILES string of the molecule is O=C(C=CC(=O)OC1=CCCC1)OC1=CCCC1. The minimum Gasteiger partial charge on any atom is -0.428 e. The molecule has 2 rings (SSSR count). The highest BCUT2D eigenvalue weighted by Crippen LogP contribution is 2.19. The number of carbonyl (C=O) groups is 2. The fourth-order valence-corrected chi connectivity index (χ4v) is 1.93. The van der Waals surface area contributed by atoms with E-state index in [1.807, 2.05) is 12.2 Å². The van der Waals surface area contributed by atoms with E-state index < -0.39 is 11.9 Å². The minimum absolute atomic E-state index is 0.527. The largest absolute Gasteiger partial charge is 0.428 e. The lowest BCUT2D eigenvalue weighted by Crippen LogP contribution is -2.03. The first-order valence-corrected chi connectivity index (χ1v) is 6.24. The van der Waals surface area contributed by atoms with Gasteiger partial charge in [-0.2, -0.15) is 0 Å². The second-order valence-corrected chi connectivity index (χ2v) is 4.30. The van der Waals surface area contributed by atoms with Gasteiger partial charge in [-0.15, -0.1) is 0 Å². The van der Waals surface area contributed by atoms with Crippen LogP contribution in [0.25, 0.3) is 0 Å². The highest BCUT2D eigenvalue weighted by atomic mass is 16.5. The molecule has 4 nitrogen and oxygen atoms in total. The molecule has 0 unspecified atom stereocenters. The van der Waals surface area contributed by atoms with E-state index in [0.29, 0.717) is 11.5 Å². The molecule has 4 heteroatoms. The van der Waals surface area contributed by atoms with Crippen LogP contribution in [0.3, 0.4) is 0 Å². The third-order valence-electron chi connectivity index (χ3n) is 2.82. The molecule has 18 heavy (non-hydrogen) atoms. The molecule has 0 heterocycles. The van der Waals surface area contributed by atoms with Crippen molar-refractivity contribution in [3.63, 3.8) is 0 Å². The van der Waals surface area contributed by atoms with Gasteiger partial charge in [0.05, 0.1) is 0 Å². The Balaban J connectivity index is 1.75. The first kappa shape index (κ1) is 12.6. The number of esters is 2. The lowest BCUT2D eigenvalue weighted by molar-refractivity contribution is -0.136. The van der Waals surface area contributed by atoms with Crippen LogP contribution in [-0.4, -0.2) is 11.9 Å². The highest BCUT2D eigenvalue weighted by Gasteiger charge is 2.11. The van der Waals surface area contributed by atoms with Crippen molar-refractivity contribution < 1.29 is 19.1 Å². The number of hydrogen-bond acceptors (Lipinski definition) is 4. The lowest BCUT2D eigenvalue weighted by atomic mass is 10.3. The zero-order valence-corrected chi connectivity index (χ0v) is 10.2. The topological polar surface area (TPSA) is 52.6 Å². The Morgan fingerprint density at radius 2 is 1.33 bits per heavy atom. The van der Waals surface area contributed by atoms with E-state index in [4.69, 9.17) is 9.47 Å². The highest BCUT2D eigenvalue weighted by molar-refractivity contribution is 5.92. The number of rotatable bonds is 4. The van der Waals surface area contributed by atoms with E-state index in [9.17, 15) is 9.59 Å². The van der Waals surface area contributed by atoms with Crippen LogP contribution >= 0.6 is 0 Å². The molecule has 2 aliphatic rings. The molecule has 0 amide bonds. The molecule has 0 aromatic heterocycles. The summed E-state index contributed by atoms with van der Waals surface area (Å²) in [5.41, 5.74) is 0. The molecule has 0 spiro atoms. The Hall–Kier alpha value is -1.84. The summed E-state index contributed by atoms with van der Waals surface area (Å²) in [6.45, 7) is 0.